The van der Waals surface area contributed by atoms with Gasteiger partial charge in [-0.2, -0.15) is 0 Å². The van der Waals surface area contributed by atoms with Crippen LogP contribution in [0, 0.1) is 0 Å². The van der Waals surface area contributed by atoms with Crippen molar-refractivity contribution in [2.45, 2.75) is 19.8 Å². The predicted molar refractivity (Wildman–Crippen MR) is 78.0 cm³/mol. The van der Waals surface area contributed by atoms with E-state index in [1.165, 1.54) is 12.8 Å². The van der Waals surface area contributed by atoms with Gasteiger partial charge in [0.1, 0.15) is 12.4 Å². The van der Waals surface area contributed by atoms with E-state index in [4.69, 9.17) is 15.2 Å². The Morgan fingerprint density at radius 2 is 2.05 bits per heavy atom. The van der Waals surface area contributed by atoms with Crippen LogP contribution in [0.2, 0.25) is 0 Å². The van der Waals surface area contributed by atoms with Gasteiger partial charge in [-0.3, -0.25) is 4.90 Å². The molecule has 0 amide bonds. The largest absolute Gasteiger partial charge is 0.494 e. The first-order valence-corrected chi connectivity index (χ1v) is 7.12. The lowest BCUT2D eigenvalue weighted by molar-refractivity contribution is 0.0472. The highest BCUT2D eigenvalue weighted by Gasteiger charge is 2.13. The molecular weight excluding hydrogens is 256 g/mol. The molecule has 0 atom stereocenters. The molecule has 5 nitrogen and oxygen atoms in total. The molecule has 20 heavy (non-hydrogen) atoms. The maximum absolute atomic E-state index is 12.0. The molecule has 0 aliphatic carbocycles. The van der Waals surface area contributed by atoms with E-state index in [0.29, 0.717) is 30.2 Å². The van der Waals surface area contributed by atoms with Crippen LogP contribution in [-0.2, 0) is 4.74 Å². The van der Waals surface area contributed by atoms with E-state index in [-0.39, 0.29) is 5.97 Å². The monoisotopic (exact) mass is 278 g/mol. The number of ether oxygens (including phenoxy) is 2. The fraction of sp³-hybridized carbons (Fsp3) is 0.533. The first-order chi connectivity index (χ1) is 9.69. The molecule has 5 heteroatoms. The van der Waals surface area contributed by atoms with Gasteiger partial charge in [0.05, 0.1) is 12.2 Å². The number of anilines is 1. The zero-order valence-electron chi connectivity index (χ0n) is 11.9. The van der Waals surface area contributed by atoms with E-state index in [1.807, 2.05) is 6.92 Å². The van der Waals surface area contributed by atoms with Crippen LogP contribution in [0.25, 0.3) is 0 Å². The van der Waals surface area contributed by atoms with Crippen LogP contribution in [0.15, 0.2) is 18.2 Å². The van der Waals surface area contributed by atoms with Crippen molar-refractivity contribution in [2.75, 3.05) is 38.6 Å². The molecule has 1 aliphatic heterocycles. The van der Waals surface area contributed by atoms with E-state index < -0.39 is 0 Å². The van der Waals surface area contributed by atoms with Crippen LogP contribution in [-0.4, -0.2) is 43.7 Å². The molecule has 2 rings (SSSR count). The van der Waals surface area contributed by atoms with E-state index in [2.05, 4.69) is 4.90 Å². The van der Waals surface area contributed by atoms with Gasteiger partial charge in [-0.25, -0.2) is 4.79 Å². The van der Waals surface area contributed by atoms with E-state index in [9.17, 15) is 4.79 Å². The third-order valence-corrected chi connectivity index (χ3v) is 3.31. The number of hydrogen-bond acceptors (Lipinski definition) is 5. The highest BCUT2D eigenvalue weighted by Crippen LogP contribution is 2.19. The minimum atomic E-state index is -0.350. The van der Waals surface area contributed by atoms with Crippen molar-refractivity contribution < 1.29 is 14.3 Å². The van der Waals surface area contributed by atoms with Gasteiger partial charge in [-0.1, -0.05) is 0 Å². The molecule has 1 heterocycles. The van der Waals surface area contributed by atoms with Crippen molar-refractivity contribution in [3.63, 3.8) is 0 Å². The van der Waals surface area contributed by atoms with Crippen molar-refractivity contribution in [2.24, 2.45) is 0 Å². The van der Waals surface area contributed by atoms with Gasteiger partial charge >= 0.3 is 5.97 Å². The smallest absolute Gasteiger partial charge is 0.338 e. The lowest BCUT2D eigenvalue weighted by Crippen LogP contribution is -2.25. The summed E-state index contributed by atoms with van der Waals surface area (Å²) >= 11 is 0. The molecule has 2 N–H and O–H groups in total. The summed E-state index contributed by atoms with van der Waals surface area (Å²) in [6, 6.07) is 4.98. The Labute approximate surface area is 119 Å². The summed E-state index contributed by atoms with van der Waals surface area (Å²) in [4.78, 5) is 14.3. The number of nitrogens with zero attached hydrogens (tertiary/aromatic N) is 1. The minimum Gasteiger partial charge on any atom is -0.494 e. The Kier molecular flexibility index (Phi) is 5.24. The zero-order valence-corrected chi connectivity index (χ0v) is 11.9. The maximum atomic E-state index is 12.0. The van der Waals surface area contributed by atoms with Gasteiger partial charge in [0.15, 0.2) is 0 Å². The Balaban J connectivity index is 1.87. The zero-order chi connectivity index (χ0) is 14.4. The van der Waals surface area contributed by atoms with Crippen LogP contribution >= 0.6 is 0 Å². The number of nitrogens with two attached hydrogens (primary N) is 1. The number of likely N-dealkylation sites (tertiary alicyclic amines) is 1. The number of carbonyl (C=O) groups excluding carboxylic acids is 1. The molecule has 1 aliphatic rings. The molecular formula is C15H22N2O3. The number of carbonyl (C=O) groups is 1. The first kappa shape index (κ1) is 14.7. The van der Waals surface area contributed by atoms with Crippen LogP contribution in [0.3, 0.4) is 0 Å². The highest BCUT2D eigenvalue weighted by molar-refractivity contribution is 5.91. The molecule has 1 fully saturated rings. The lowest BCUT2D eigenvalue weighted by atomic mass is 10.2. The average Bonchev–Trinajstić information content (AvgIpc) is 2.91. The van der Waals surface area contributed by atoms with Crippen molar-refractivity contribution in [1.82, 2.24) is 4.90 Å². The van der Waals surface area contributed by atoms with Gasteiger partial charge in [-0.05, 0) is 45.0 Å². The molecule has 0 saturated carbocycles. The third-order valence-electron chi connectivity index (χ3n) is 3.31. The molecule has 0 aromatic heterocycles. The second-order valence-corrected chi connectivity index (χ2v) is 4.91. The van der Waals surface area contributed by atoms with Crippen LogP contribution in [0.5, 0.6) is 5.75 Å². The first-order valence-electron chi connectivity index (χ1n) is 7.12. The number of benzene rings is 1. The molecule has 110 valence electrons. The van der Waals surface area contributed by atoms with Gasteiger partial charge in [0.2, 0.25) is 0 Å². The number of hydrogen-bond donors (Lipinski definition) is 1. The molecule has 1 aromatic rings. The summed E-state index contributed by atoms with van der Waals surface area (Å²) in [6.45, 7) is 5.84. The van der Waals surface area contributed by atoms with Crippen LogP contribution in [0.1, 0.15) is 30.1 Å². The maximum Gasteiger partial charge on any atom is 0.338 e. The molecule has 0 unspecified atom stereocenters. The topological polar surface area (TPSA) is 64.8 Å². The Morgan fingerprint density at radius 3 is 2.75 bits per heavy atom. The van der Waals surface area contributed by atoms with Crippen molar-refractivity contribution >= 4 is 11.7 Å². The van der Waals surface area contributed by atoms with Crippen molar-refractivity contribution in [1.29, 1.82) is 0 Å². The van der Waals surface area contributed by atoms with E-state index in [1.54, 1.807) is 18.2 Å². The van der Waals surface area contributed by atoms with Gasteiger partial charge in [-0.15, -0.1) is 0 Å². The quantitative estimate of drug-likeness (QED) is 0.636. The lowest BCUT2D eigenvalue weighted by Gasteiger charge is -2.14. The normalized spacial score (nSPS) is 15.2. The summed E-state index contributed by atoms with van der Waals surface area (Å²) in [5.41, 5.74) is 6.70. The van der Waals surface area contributed by atoms with Gasteiger partial charge < -0.3 is 15.2 Å². The summed E-state index contributed by atoms with van der Waals surface area (Å²) in [5.74, 6) is 0.247. The summed E-state index contributed by atoms with van der Waals surface area (Å²) < 4.78 is 10.7. The predicted octanol–water partition coefficient (Wildman–Crippen LogP) is 1.92. The third kappa shape index (κ3) is 4.13. The number of nitrogen functional groups attached to an aromatic ring is 1. The van der Waals surface area contributed by atoms with Gasteiger partial charge in [0, 0.05) is 18.3 Å². The minimum absolute atomic E-state index is 0.350. The van der Waals surface area contributed by atoms with Crippen molar-refractivity contribution in [3.05, 3.63) is 23.8 Å². The molecule has 1 aromatic carbocycles. The average molecular weight is 278 g/mol. The standard InChI is InChI=1S/C15H22N2O3/c1-2-19-14-10-12(9-13(16)11-14)15(18)20-8-7-17-5-3-4-6-17/h9-11H,2-8,16H2,1H3. The Bertz CT molecular complexity index is 456. The van der Waals surface area contributed by atoms with Crippen LogP contribution < -0.4 is 10.5 Å². The number of esters is 1. The van der Waals surface area contributed by atoms with E-state index in [0.717, 1.165) is 19.6 Å². The second-order valence-electron chi connectivity index (χ2n) is 4.91. The summed E-state index contributed by atoms with van der Waals surface area (Å²) in [5, 5.41) is 0. The Morgan fingerprint density at radius 1 is 1.30 bits per heavy atom. The Hall–Kier alpha value is -1.75. The molecule has 0 radical (unpaired) electrons. The molecule has 0 bridgehead atoms. The summed E-state index contributed by atoms with van der Waals surface area (Å²) in [6.07, 6.45) is 2.47. The van der Waals surface area contributed by atoms with Crippen molar-refractivity contribution in [3.8, 4) is 5.75 Å². The molecule has 1 saturated heterocycles. The SMILES string of the molecule is CCOc1cc(N)cc(C(=O)OCCN2CCCC2)c1. The highest BCUT2D eigenvalue weighted by atomic mass is 16.5. The second kappa shape index (κ2) is 7.14. The fourth-order valence-corrected chi connectivity index (χ4v) is 2.35. The fourth-order valence-electron chi connectivity index (χ4n) is 2.35. The number of rotatable bonds is 6. The summed E-state index contributed by atoms with van der Waals surface area (Å²) in [7, 11) is 0. The van der Waals surface area contributed by atoms with Crippen LogP contribution in [0.4, 0.5) is 5.69 Å². The molecule has 0 spiro atoms. The van der Waals surface area contributed by atoms with E-state index >= 15 is 0 Å². The van der Waals surface area contributed by atoms with Gasteiger partial charge in [0.25, 0.3) is 0 Å².